The third-order valence-corrected chi connectivity index (χ3v) is 7.33. The summed E-state index contributed by atoms with van der Waals surface area (Å²) in [5.74, 6) is -0.317. The van der Waals surface area contributed by atoms with Crippen LogP contribution in [0, 0.1) is 34.6 Å². The van der Waals surface area contributed by atoms with Gasteiger partial charge in [-0.25, -0.2) is 8.42 Å². The fraction of sp³-hybridized carbons (Fsp3) is 0.269. The van der Waals surface area contributed by atoms with E-state index in [2.05, 4.69) is 29.1 Å². The van der Waals surface area contributed by atoms with Crippen molar-refractivity contribution in [2.24, 2.45) is 0 Å². The fourth-order valence-corrected chi connectivity index (χ4v) is 5.13. The van der Waals surface area contributed by atoms with Gasteiger partial charge in [-0.1, -0.05) is 36.4 Å². The topological polar surface area (TPSA) is 75.3 Å². The molecule has 5 nitrogen and oxygen atoms in total. The van der Waals surface area contributed by atoms with Gasteiger partial charge in [0.15, 0.2) is 0 Å². The van der Waals surface area contributed by atoms with Gasteiger partial charge >= 0.3 is 0 Å². The molecule has 0 aliphatic heterocycles. The maximum atomic E-state index is 13.1. The molecule has 0 saturated carbocycles. The predicted octanol–water partition coefficient (Wildman–Crippen LogP) is 5.52. The largest absolute Gasteiger partial charge is 0.346 e. The summed E-state index contributed by atoms with van der Waals surface area (Å²) in [7, 11) is -3.85. The first-order valence-electron chi connectivity index (χ1n) is 10.6. The number of para-hydroxylation sites is 1. The fourth-order valence-electron chi connectivity index (χ4n) is 3.73. The Morgan fingerprint density at radius 3 is 2.12 bits per heavy atom. The van der Waals surface area contributed by atoms with Crippen molar-refractivity contribution in [3.63, 3.8) is 0 Å². The van der Waals surface area contributed by atoms with Crippen LogP contribution in [0.3, 0.4) is 0 Å². The highest BCUT2D eigenvalue weighted by Crippen LogP contribution is 2.25. The zero-order valence-corrected chi connectivity index (χ0v) is 20.2. The summed E-state index contributed by atoms with van der Waals surface area (Å²) in [6.45, 7) is 11.6. The van der Waals surface area contributed by atoms with Crippen molar-refractivity contribution in [3.8, 4) is 0 Å². The summed E-state index contributed by atoms with van der Waals surface area (Å²) in [5.41, 5.74) is 6.73. The van der Waals surface area contributed by atoms with Gasteiger partial charge < -0.3 is 5.32 Å². The third-order valence-electron chi connectivity index (χ3n) is 5.83. The molecule has 0 radical (unpaired) electrons. The normalized spacial score (nSPS) is 12.3. The summed E-state index contributed by atoms with van der Waals surface area (Å²) in [4.78, 5) is 13.1. The Hall–Kier alpha value is -3.12. The van der Waals surface area contributed by atoms with E-state index >= 15 is 0 Å². The Labute approximate surface area is 190 Å². The lowest BCUT2D eigenvalue weighted by Crippen LogP contribution is -2.27. The summed E-state index contributed by atoms with van der Waals surface area (Å²) in [5, 5.41) is 3.00. The van der Waals surface area contributed by atoms with Crippen LogP contribution in [0.5, 0.6) is 0 Å². The maximum Gasteiger partial charge on any atom is 0.262 e. The molecule has 0 fully saturated rings. The molecule has 6 heteroatoms. The molecule has 1 amide bonds. The number of amides is 1. The van der Waals surface area contributed by atoms with E-state index in [1.165, 1.54) is 11.6 Å². The standard InChI is InChI=1S/C26H30N2O3S/c1-16-9-7-8-10-24(16)28-32(30,31)25-15-22(12-11-17(25)2)26(29)27-21(6)23-14-19(4)18(3)13-20(23)5/h7-15,21,28H,1-6H3,(H,27,29). The summed E-state index contributed by atoms with van der Waals surface area (Å²) in [6, 6.07) is 15.9. The van der Waals surface area contributed by atoms with E-state index in [-0.39, 0.29) is 16.8 Å². The van der Waals surface area contributed by atoms with Crippen molar-refractivity contribution in [2.45, 2.75) is 52.5 Å². The highest BCUT2D eigenvalue weighted by Gasteiger charge is 2.21. The lowest BCUT2D eigenvalue weighted by Gasteiger charge is -2.19. The number of carbonyl (C=O) groups excluding carboxylic acids is 1. The molecule has 0 aliphatic rings. The Kier molecular flexibility index (Phi) is 6.74. The molecule has 0 bridgehead atoms. The number of sulfonamides is 1. The van der Waals surface area contributed by atoms with Crippen LogP contribution in [0.4, 0.5) is 5.69 Å². The number of nitrogens with one attached hydrogen (secondary N) is 2. The van der Waals surface area contributed by atoms with E-state index in [9.17, 15) is 13.2 Å². The average Bonchev–Trinajstić information content (AvgIpc) is 2.72. The van der Waals surface area contributed by atoms with Gasteiger partial charge in [0.2, 0.25) is 0 Å². The maximum absolute atomic E-state index is 13.1. The van der Waals surface area contributed by atoms with Crippen LogP contribution in [0.2, 0.25) is 0 Å². The molecule has 0 aliphatic carbocycles. The molecule has 3 aromatic rings. The van der Waals surface area contributed by atoms with Crippen molar-refractivity contribution >= 4 is 21.6 Å². The molecule has 3 rings (SSSR count). The van der Waals surface area contributed by atoms with Crippen LogP contribution in [-0.2, 0) is 10.0 Å². The highest BCUT2D eigenvalue weighted by molar-refractivity contribution is 7.92. The van der Waals surface area contributed by atoms with Crippen molar-refractivity contribution < 1.29 is 13.2 Å². The second-order valence-electron chi connectivity index (χ2n) is 8.39. The first-order chi connectivity index (χ1) is 15.0. The highest BCUT2D eigenvalue weighted by atomic mass is 32.2. The van der Waals surface area contributed by atoms with Crippen LogP contribution in [0.1, 0.15) is 56.7 Å². The quantitative estimate of drug-likeness (QED) is 0.519. The minimum Gasteiger partial charge on any atom is -0.346 e. The van der Waals surface area contributed by atoms with Crippen LogP contribution < -0.4 is 10.0 Å². The first kappa shape index (κ1) is 23.5. The number of anilines is 1. The zero-order chi connectivity index (χ0) is 23.6. The third kappa shape index (κ3) is 5.02. The summed E-state index contributed by atoms with van der Waals surface area (Å²) < 4.78 is 28.8. The number of carbonyl (C=O) groups is 1. The molecule has 2 N–H and O–H groups in total. The number of hydrogen-bond donors (Lipinski definition) is 2. The molecule has 168 valence electrons. The van der Waals surface area contributed by atoms with Gasteiger partial charge in [-0.2, -0.15) is 0 Å². The van der Waals surface area contributed by atoms with E-state index in [1.807, 2.05) is 39.8 Å². The SMILES string of the molecule is Cc1cc(C)c(C(C)NC(=O)c2ccc(C)c(S(=O)(=O)Nc3ccccc3C)c2)cc1C. The molecule has 3 aromatic carbocycles. The van der Waals surface area contributed by atoms with E-state index in [4.69, 9.17) is 0 Å². The molecular weight excluding hydrogens is 420 g/mol. The smallest absolute Gasteiger partial charge is 0.262 e. The lowest BCUT2D eigenvalue weighted by molar-refractivity contribution is 0.0939. The van der Waals surface area contributed by atoms with Gasteiger partial charge in [0.05, 0.1) is 16.6 Å². The Morgan fingerprint density at radius 2 is 1.44 bits per heavy atom. The molecule has 1 unspecified atom stereocenters. The number of aryl methyl sites for hydroxylation is 5. The van der Waals surface area contributed by atoms with Crippen molar-refractivity contribution in [1.82, 2.24) is 5.32 Å². The molecule has 0 aromatic heterocycles. The summed E-state index contributed by atoms with van der Waals surface area (Å²) >= 11 is 0. The van der Waals surface area contributed by atoms with Gasteiger partial charge in [0.1, 0.15) is 0 Å². The minimum atomic E-state index is -3.85. The van der Waals surface area contributed by atoms with Crippen LogP contribution in [-0.4, -0.2) is 14.3 Å². The van der Waals surface area contributed by atoms with E-state index in [0.717, 1.165) is 22.3 Å². The number of benzene rings is 3. The molecule has 1 atom stereocenters. The summed E-state index contributed by atoms with van der Waals surface area (Å²) in [6.07, 6.45) is 0. The van der Waals surface area contributed by atoms with Gasteiger partial charge in [0.25, 0.3) is 15.9 Å². The first-order valence-corrected chi connectivity index (χ1v) is 12.1. The van der Waals surface area contributed by atoms with E-state index < -0.39 is 10.0 Å². The van der Waals surface area contributed by atoms with Crippen molar-refractivity contribution in [3.05, 3.63) is 93.5 Å². The number of rotatable bonds is 6. The molecule has 0 spiro atoms. The van der Waals surface area contributed by atoms with Crippen molar-refractivity contribution in [2.75, 3.05) is 4.72 Å². The second-order valence-corrected chi connectivity index (χ2v) is 10.0. The number of hydrogen-bond acceptors (Lipinski definition) is 3. The van der Waals surface area contributed by atoms with Crippen molar-refractivity contribution in [1.29, 1.82) is 0 Å². The van der Waals surface area contributed by atoms with Crippen LogP contribution in [0.25, 0.3) is 0 Å². The minimum absolute atomic E-state index is 0.0865. The Balaban J connectivity index is 1.87. The second kappa shape index (κ2) is 9.17. The van der Waals surface area contributed by atoms with Gasteiger partial charge in [0, 0.05) is 5.56 Å². The average molecular weight is 451 g/mol. The molecular formula is C26H30N2O3S. The zero-order valence-electron chi connectivity index (χ0n) is 19.4. The molecule has 0 heterocycles. The van der Waals surface area contributed by atoms with Gasteiger partial charge in [-0.3, -0.25) is 9.52 Å². The van der Waals surface area contributed by atoms with Crippen LogP contribution in [0.15, 0.2) is 59.5 Å². The van der Waals surface area contributed by atoms with E-state index in [1.54, 1.807) is 31.2 Å². The van der Waals surface area contributed by atoms with Crippen LogP contribution >= 0.6 is 0 Å². The molecule has 0 saturated heterocycles. The van der Waals surface area contributed by atoms with Gasteiger partial charge in [-0.05, 0) is 93.1 Å². The Morgan fingerprint density at radius 1 is 0.781 bits per heavy atom. The monoisotopic (exact) mass is 450 g/mol. The van der Waals surface area contributed by atoms with Gasteiger partial charge in [-0.15, -0.1) is 0 Å². The predicted molar refractivity (Wildman–Crippen MR) is 130 cm³/mol. The molecule has 32 heavy (non-hydrogen) atoms. The lowest BCUT2D eigenvalue weighted by atomic mass is 9.96. The Bertz CT molecular complexity index is 1280. The van der Waals surface area contributed by atoms with E-state index in [0.29, 0.717) is 16.8 Å².